The molecule has 0 bridgehead atoms. The second-order valence-electron chi connectivity index (χ2n) is 6.32. The zero-order valence-electron chi connectivity index (χ0n) is 14.9. The molecule has 1 atom stereocenters. The minimum atomic E-state index is 0.112. The summed E-state index contributed by atoms with van der Waals surface area (Å²) in [5, 5.41) is 2.99. The standard InChI is InChI=1S/C21H25N3O/c1-3-9-21(25)22-15-14-20-23-18-12-7-8-13-19(18)24(20)16(2)17-10-5-4-6-11-17/h4-8,10-13,16H,3,9,14-15H2,1-2H3,(H,22,25). The van der Waals surface area contributed by atoms with Gasteiger partial charge >= 0.3 is 0 Å². The summed E-state index contributed by atoms with van der Waals surface area (Å²) in [5.41, 5.74) is 3.39. The summed E-state index contributed by atoms with van der Waals surface area (Å²) in [7, 11) is 0. The number of nitrogens with one attached hydrogen (secondary N) is 1. The molecule has 3 aromatic rings. The average Bonchev–Trinajstić information content (AvgIpc) is 3.00. The lowest BCUT2D eigenvalue weighted by atomic mass is 10.1. The van der Waals surface area contributed by atoms with Gasteiger partial charge in [0.2, 0.25) is 5.91 Å². The van der Waals surface area contributed by atoms with Gasteiger partial charge in [0.1, 0.15) is 5.82 Å². The highest BCUT2D eigenvalue weighted by molar-refractivity contribution is 5.77. The first kappa shape index (κ1) is 17.2. The lowest BCUT2D eigenvalue weighted by Gasteiger charge is -2.18. The number of hydrogen-bond acceptors (Lipinski definition) is 2. The Kier molecular flexibility index (Phi) is 5.49. The third-order valence-corrected chi connectivity index (χ3v) is 4.49. The molecule has 25 heavy (non-hydrogen) atoms. The van der Waals surface area contributed by atoms with Crippen molar-refractivity contribution < 1.29 is 4.79 Å². The van der Waals surface area contributed by atoms with Crippen LogP contribution in [0.3, 0.4) is 0 Å². The number of benzene rings is 2. The van der Waals surface area contributed by atoms with Crippen LogP contribution in [0.4, 0.5) is 0 Å². The molecule has 3 rings (SSSR count). The van der Waals surface area contributed by atoms with Gasteiger partial charge in [-0.05, 0) is 31.0 Å². The fourth-order valence-electron chi connectivity index (χ4n) is 3.21. The van der Waals surface area contributed by atoms with Gasteiger partial charge in [0.25, 0.3) is 0 Å². The molecule has 1 unspecified atom stereocenters. The van der Waals surface area contributed by atoms with Crippen molar-refractivity contribution in [1.82, 2.24) is 14.9 Å². The number of amides is 1. The first-order chi connectivity index (χ1) is 12.2. The van der Waals surface area contributed by atoms with E-state index in [1.54, 1.807) is 0 Å². The van der Waals surface area contributed by atoms with Gasteiger partial charge < -0.3 is 9.88 Å². The Hall–Kier alpha value is -2.62. The van der Waals surface area contributed by atoms with Gasteiger partial charge in [0, 0.05) is 19.4 Å². The minimum absolute atomic E-state index is 0.112. The second-order valence-corrected chi connectivity index (χ2v) is 6.32. The fourth-order valence-corrected chi connectivity index (χ4v) is 3.21. The average molecular weight is 335 g/mol. The topological polar surface area (TPSA) is 46.9 Å². The number of aromatic nitrogens is 2. The number of imidazole rings is 1. The second kappa shape index (κ2) is 7.97. The summed E-state index contributed by atoms with van der Waals surface area (Å²) < 4.78 is 2.29. The van der Waals surface area contributed by atoms with Crippen LogP contribution in [0.2, 0.25) is 0 Å². The molecule has 0 saturated carbocycles. The molecule has 4 nitrogen and oxygen atoms in total. The van der Waals surface area contributed by atoms with E-state index in [1.165, 1.54) is 5.56 Å². The molecule has 0 saturated heterocycles. The van der Waals surface area contributed by atoms with E-state index in [9.17, 15) is 4.79 Å². The minimum Gasteiger partial charge on any atom is -0.356 e. The van der Waals surface area contributed by atoms with E-state index in [0.717, 1.165) is 29.7 Å². The Bertz CT molecular complexity index is 839. The van der Waals surface area contributed by atoms with E-state index in [-0.39, 0.29) is 11.9 Å². The summed E-state index contributed by atoms with van der Waals surface area (Å²) >= 11 is 0. The van der Waals surface area contributed by atoms with Crippen LogP contribution in [0.25, 0.3) is 11.0 Å². The normalized spacial score (nSPS) is 12.2. The lowest BCUT2D eigenvalue weighted by Crippen LogP contribution is -2.26. The molecule has 1 heterocycles. The van der Waals surface area contributed by atoms with Gasteiger partial charge in [-0.1, -0.05) is 49.4 Å². The summed E-state index contributed by atoms with van der Waals surface area (Å²) in [6.07, 6.45) is 2.17. The molecule has 4 heteroatoms. The van der Waals surface area contributed by atoms with Crippen molar-refractivity contribution in [2.24, 2.45) is 0 Å². The number of hydrogen-bond donors (Lipinski definition) is 1. The molecule has 0 fully saturated rings. The highest BCUT2D eigenvalue weighted by atomic mass is 16.1. The predicted octanol–water partition coefficient (Wildman–Crippen LogP) is 4.10. The van der Waals surface area contributed by atoms with Crippen molar-refractivity contribution in [3.8, 4) is 0 Å². The Morgan fingerprint density at radius 2 is 1.84 bits per heavy atom. The van der Waals surface area contributed by atoms with Crippen molar-refractivity contribution in [3.63, 3.8) is 0 Å². The molecule has 0 radical (unpaired) electrons. The van der Waals surface area contributed by atoms with Gasteiger partial charge in [-0.3, -0.25) is 4.79 Å². The number of carbonyl (C=O) groups excluding carboxylic acids is 1. The number of carbonyl (C=O) groups is 1. The van der Waals surface area contributed by atoms with E-state index < -0.39 is 0 Å². The van der Waals surface area contributed by atoms with Gasteiger partial charge in [-0.15, -0.1) is 0 Å². The number of fused-ring (bicyclic) bond motifs is 1. The molecule has 1 N–H and O–H groups in total. The number of rotatable bonds is 7. The van der Waals surface area contributed by atoms with Crippen LogP contribution >= 0.6 is 0 Å². The van der Waals surface area contributed by atoms with Crippen LogP contribution in [-0.4, -0.2) is 22.0 Å². The highest BCUT2D eigenvalue weighted by Gasteiger charge is 2.17. The van der Waals surface area contributed by atoms with Gasteiger partial charge in [-0.2, -0.15) is 0 Å². The maximum absolute atomic E-state index is 11.7. The van der Waals surface area contributed by atoms with Crippen LogP contribution in [0.5, 0.6) is 0 Å². The smallest absolute Gasteiger partial charge is 0.219 e. The van der Waals surface area contributed by atoms with Crippen molar-refractivity contribution in [2.45, 2.75) is 39.2 Å². The molecular formula is C21H25N3O. The zero-order chi connectivity index (χ0) is 17.6. The van der Waals surface area contributed by atoms with Gasteiger partial charge in [0.15, 0.2) is 0 Å². The van der Waals surface area contributed by atoms with Crippen molar-refractivity contribution in [1.29, 1.82) is 0 Å². The van der Waals surface area contributed by atoms with E-state index in [4.69, 9.17) is 4.98 Å². The predicted molar refractivity (Wildman–Crippen MR) is 102 cm³/mol. The zero-order valence-corrected chi connectivity index (χ0v) is 14.9. The van der Waals surface area contributed by atoms with Gasteiger partial charge in [-0.25, -0.2) is 4.98 Å². The van der Waals surface area contributed by atoms with Crippen LogP contribution < -0.4 is 5.32 Å². The molecule has 0 aliphatic rings. The Labute approximate surface area is 148 Å². The lowest BCUT2D eigenvalue weighted by molar-refractivity contribution is -0.121. The van der Waals surface area contributed by atoms with Crippen LogP contribution in [0.1, 0.15) is 44.1 Å². The van der Waals surface area contributed by atoms with Crippen LogP contribution in [0.15, 0.2) is 54.6 Å². The van der Waals surface area contributed by atoms with Crippen molar-refractivity contribution in [2.75, 3.05) is 6.54 Å². The molecule has 130 valence electrons. The third kappa shape index (κ3) is 3.90. The third-order valence-electron chi connectivity index (χ3n) is 4.49. The molecular weight excluding hydrogens is 310 g/mol. The molecule has 0 aliphatic carbocycles. The quantitative estimate of drug-likeness (QED) is 0.706. The molecule has 2 aromatic carbocycles. The van der Waals surface area contributed by atoms with Crippen molar-refractivity contribution >= 4 is 16.9 Å². The summed E-state index contributed by atoms with van der Waals surface area (Å²) in [4.78, 5) is 16.5. The largest absolute Gasteiger partial charge is 0.356 e. The van der Waals surface area contributed by atoms with Gasteiger partial charge in [0.05, 0.1) is 17.1 Å². The van der Waals surface area contributed by atoms with E-state index in [2.05, 4.69) is 47.1 Å². The van der Waals surface area contributed by atoms with Crippen molar-refractivity contribution in [3.05, 3.63) is 66.0 Å². The molecule has 0 aliphatic heterocycles. The Balaban J connectivity index is 1.88. The fraction of sp³-hybridized carbons (Fsp3) is 0.333. The number of nitrogens with zero attached hydrogens (tertiary/aromatic N) is 2. The Morgan fingerprint density at radius 3 is 2.60 bits per heavy atom. The maximum atomic E-state index is 11.7. The van der Waals surface area contributed by atoms with E-state index in [1.807, 2.05) is 31.2 Å². The van der Waals surface area contributed by atoms with Crippen LogP contribution in [-0.2, 0) is 11.2 Å². The molecule has 1 amide bonds. The van der Waals surface area contributed by atoms with E-state index in [0.29, 0.717) is 13.0 Å². The van der Waals surface area contributed by atoms with E-state index >= 15 is 0 Å². The monoisotopic (exact) mass is 335 g/mol. The van der Waals surface area contributed by atoms with Crippen LogP contribution in [0, 0.1) is 0 Å². The first-order valence-corrected chi connectivity index (χ1v) is 8.98. The number of para-hydroxylation sites is 2. The Morgan fingerprint density at radius 1 is 1.12 bits per heavy atom. The molecule has 1 aromatic heterocycles. The molecule has 0 spiro atoms. The summed E-state index contributed by atoms with van der Waals surface area (Å²) in [6.45, 7) is 4.83. The first-order valence-electron chi connectivity index (χ1n) is 8.98. The maximum Gasteiger partial charge on any atom is 0.219 e. The highest BCUT2D eigenvalue weighted by Crippen LogP contribution is 2.26. The summed E-state index contributed by atoms with van der Waals surface area (Å²) in [5.74, 6) is 1.12. The SMILES string of the molecule is CCCC(=O)NCCc1nc2ccccc2n1C(C)c1ccccc1. The summed E-state index contributed by atoms with van der Waals surface area (Å²) in [6, 6.07) is 18.9.